The van der Waals surface area contributed by atoms with Gasteiger partial charge in [-0.1, -0.05) is 25.4 Å². The van der Waals surface area contributed by atoms with Crippen LogP contribution in [-0.4, -0.2) is 48.7 Å². The molecule has 1 aliphatic heterocycles. The molecule has 112 valence electrons. The summed E-state index contributed by atoms with van der Waals surface area (Å²) >= 11 is 0. The van der Waals surface area contributed by atoms with Crippen molar-refractivity contribution >= 4 is 5.84 Å². The van der Waals surface area contributed by atoms with Crippen molar-refractivity contribution in [3.63, 3.8) is 0 Å². The van der Waals surface area contributed by atoms with Gasteiger partial charge in [-0.05, 0) is 45.8 Å². The zero-order valence-corrected chi connectivity index (χ0v) is 12.7. The second-order valence-corrected chi connectivity index (χ2v) is 6.31. The normalized spacial score (nSPS) is 22.7. The van der Waals surface area contributed by atoms with Crippen LogP contribution in [0.1, 0.15) is 46.0 Å². The summed E-state index contributed by atoms with van der Waals surface area (Å²) in [6, 6.07) is 0.686. The Bertz CT molecular complexity index is 291. The van der Waals surface area contributed by atoms with Crippen molar-refractivity contribution in [1.82, 2.24) is 10.2 Å². The van der Waals surface area contributed by atoms with Gasteiger partial charge < -0.3 is 21.2 Å². The summed E-state index contributed by atoms with van der Waals surface area (Å²) in [5.41, 5.74) is 5.45. The van der Waals surface area contributed by atoms with E-state index in [9.17, 15) is 0 Å². The third kappa shape index (κ3) is 5.37. The molecule has 4 N–H and O–H groups in total. The number of oxime groups is 1. The number of hydrogen-bond acceptors (Lipinski definition) is 4. The van der Waals surface area contributed by atoms with Gasteiger partial charge >= 0.3 is 0 Å². The van der Waals surface area contributed by atoms with Gasteiger partial charge in [0, 0.05) is 18.0 Å². The summed E-state index contributed by atoms with van der Waals surface area (Å²) in [5.74, 6) is 0.319. The van der Waals surface area contributed by atoms with Crippen LogP contribution in [0.15, 0.2) is 5.16 Å². The van der Waals surface area contributed by atoms with E-state index >= 15 is 0 Å². The monoisotopic (exact) mass is 270 g/mol. The predicted molar refractivity (Wildman–Crippen MR) is 79.6 cm³/mol. The lowest BCUT2D eigenvalue weighted by Crippen LogP contribution is -2.43. The Morgan fingerprint density at radius 2 is 2.21 bits per heavy atom. The van der Waals surface area contributed by atoms with Gasteiger partial charge in [0.05, 0.1) is 0 Å². The molecule has 1 heterocycles. The smallest absolute Gasteiger partial charge is 0.144 e. The first kappa shape index (κ1) is 16.2. The van der Waals surface area contributed by atoms with Gasteiger partial charge in [0.1, 0.15) is 5.84 Å². The predicted octanol–water partition coefficient (Wildman–Crippen LogP) is 1.61. The van der Waals surface area contributed by atoms with Crippen LogP contribution >= 0.6 is 0 Å². The van der Waals surface area contributed by atoms with E-state index in [1.54, 1.807) is 0 Å². The van der Waals surface area contributed by atoms with Crippen molar-refractivity contribution in [2.45, 2.75) is 52.0 Å². The lowest BCUT2D eigenvalue weighted by Gasteiger charge is -2.32. The number of likely N-dealkylation sites (N-methyl/N-ethyl adjacent to an activating group) is 1. The van der Waals surface area contributed by atoms with Crippen molar-refractivity contribution in [3.8, 4) is 0 Å². The summed E-state index contributed by atoms with van der Waals surface area (Å²) in [6.07, 6.45) is 5.96. The Morgan fingerprint density at radius 1 is 1.47 bits per heavy atom. The lowest BCUT2D eigenvalue weighted by atomic mass is 9.86. The fraction of sp³-hybridized carbons (Fsp3) is 0.929. The highest BCUT2D eigenvalue weighted by Gasteiger charge is 2.23. The van der Waals surface area contributed by atoms with Crippen molar-refractivity contribution in [3.05, 3.63) is 0 Å². The largest absolute Gasteiger partial charge is 0.409 e. The van der Waals surface area contributed by atoms with E-state index in [-0.39, 0.29) is 5.41 Å². The summed E-state index contributed by atoms with van der Waals surface area (Å²) in [4.78, 5) is 2.46. The molecule has 19 heavy (non-hydrogen) atoms. The van der Waals surface area contributed by atoms with Gasteiger partial charge in [0.2, 0.25) is 0 Å². The van der Waals surface area contributed by atoms with E-state index in [0.717, 1.165) is 25.9 Å². The molecule has 0 aliphatic carbocycles. The second-order valence-electron chi connectivity index (χ2n) is 6.31. The molecule has 1 rings (SSSR count). The average Bonchev–Trinajstić information content (AvgIpc) is 2.39. The van der Waals surface area contributed by atoms with Crippen LogP contribution in [-0.2, 0) is 0 Å². The SMILES string of the molecule is CN1CCCCC1CNCCCC(C)(C)C(N)=NO. The zero-order valence-electron chi connectivity index (χ0n) is 12.7. The van der Waals surface area contributed by atoms with Crippen molar-refractivity contribution < 1.29 is 5.21 Å². The maximum absolute atomic E-state index is 8.71. The van der Waals surface area contributed by atoms with E-state index in [2.05, 4.69) is 22.4 Å². The van der Waals surface area contributed by atoms with Crippen LogP contribution in [0.25, 0.3) is 0 Å². The molecular formula is C14H30N4O. The summed E-state index contributed by atoms with van der Waals surface area (Å²) in [5, 5.41) is 15.4. The molecule has 1 fully saturated rings. The topological polar surface area (TPSA) is 73.9 Å². The maximum atomic E-state index is 8.71. The van der Waals surface area contributed by atoms with Crippen LogP contribution in [0, 0.1) is 5.41 Å². The Hall–Kier alpha value is -0.810. The molecule has 0 aromatic heterocycles. The molecule has 5 heteroatoms. The Balaban J connectivity index is 2.14. The standard InChI is InChI=1S/C14H30N4O/c1-14(2,13(15)17-19)8-6-9-16-11-12-7-4-5-10-18(12)3/h12,16,19H,4-11H2,1-3H3,(H2,15,17). The molecule has 0 radical (unpaired) electrons. The number of nitrogens with zero attached hydrogens (tertiary/aromatic N) is 2. The van der Waals surface area contributed by atoms with Crippen molar-refractivity contribution in [1.29, 1.82) is 0 Å². The Labute approximate surface area is 117 Å². The summed E-state index contributed by atoms with van der Waals surface area (Å²) in [7, 11) is 2.22. The number of rotatable bonds is 7. The number of piperidine rings is 1. The molecule has 0 spiro atoms. The first-order valence-corrected chi connectivity index (χ1v) is 7.36. The minimum atomic E-state index is -0.224. The molecule has 1 atom stereocenters. The van der Waals surface area contributed by atoms with E-state index in [0.29, 0.717) is 11.9 Å². The third-order valence-electron chi connectivity index (χ3n) is 4.26. The number of hydrogen-bond donors (Lipinski definition) is 3. The van der Waals surface area contributed by atoms with Crippen molar-refractivity contribution in [2.24, 2.45) is 16.3 Å². The van der Waals surface area contributed by atoms with Crippen LogP contribution in [0.5, 0.6) is 0 Å². The number of nitrogens with two attached hydrogens (primary N) is 1. The Kier molecular flexibility index (Phi) is 6.58. The van der Waals surface area contributed by atoms with Gasteiger partial charge in [-0.15, -0.1) is 0 Å². The lowest BCUT2D eigenvalue weighted by molar-refractivity contribution is 0.181. The van der Waals surface area contributed by atoms with Crippen LogP contribution in [0.2, 0.25) is 0 Å². The third-order valence-corrected chi connectivity index (χ3v) is 4.26. The molecule has 0 bridgehead atoms. The minimum absolute atomic E-state index is 0.224. The highest BCUT2D eigenvalue weighted by atomic mass is 16.4. The van der Waals surface area contributed by atoms with E-state index in [1.807, 2.05) is 13.8 Å². The molecule has 1 saturated heterocycles. The zero-order chi connectivity index (χ0) is 14.3. The summed E-state index contributed by atoms with van der Waals surface area (Å²) in [6.45, 7) is 7.31. The molecule has 1 aliphatic rings. The number of likely N-dealkylation sites (tertiary alicyclic amines) is 1. The molecular weight excluding hydrogens is 240 g/mol. The van der Waals surface area contributed by atoms with Crippen LogP contribution in [0.3, 0.4) is 0 Å². The quantitative estimate of drug-likeness (QED) is 0.216. The first-order chi connectivity index (χ1) is 8.97. The maximum Gasteiger partial charge on any atom is 0.144 e. The van der Waals surface area contributed by atoms with E-state index in [4.69, 9.17) is 10.9 Å². The van der Waals surface area contributed by atoms with Crippen LogP contribution in [0.4, 0.5) is 0 Å². The van der Waals surface area contributed by atoms with Crippen molar-refractivity contribution in [2.75, 3.05) is 26.7 Å². The average molecular weight is 270 g/mol. The van der Waals surface area contributed by atoms with Gasteiger partial charge in [0.25, 0.3) is 0 Å². The fourth-order valence-electron chi connectivity index (χ4n) is 2.59. The first-order valence-electron chi connectivity index (χ1n) is 7.36. The summed E-state index contributed by atoms with van der Waals surface area (Å²) < 4.78 is 0. The second kappa shape index (κ2) is 7.70. The molecule has 0 saturated carbocycles. The highest BCUT2D eigenvalue weighted by molar-refractivity contribution is 5.85. The molecule has 0 aromatic carbocycles. The fourth-order valence-corrected chi connectivity index (χ4v) is 2.59. The van der Waals surface area contributed by atoms with Gasteiger partial charge in [-0.2, -0.15) is 0 Å². The highest BCUT2D eigenvalue weighted by Crippen LogP contribution is 2.22. The van der Waals surface area contributed by atoms with Gasteiger partial charge in [0.15, 0.2) is 0 Å². The van der Waals surface area contributed by atoms with Gasteiger partial charge in [-0.3, -0.25) is 0 Å². The molecule has 5 nitrogen and oxygen atoms in total. The number of nitrogens with one attached hydrogen (secondary N) is 1. The number of amidine groups is 1. The van der Waals surface area contributed by atoms with Gasteiger partial charge in [-0.25, -0.2) is 0 Å². The molecule has 1 unspecified atom stereocenters. The van der Waals surface area contributed by atoms with E-state index < -0.39 is 0 Å². The van der Waals surface area contributed by atoms with Crippen LogP contribution < -0.4 is 11.1 Å². The Morgan fingerprint density at radius 3 is 2.84 bits per heavy atom. The molecule has 0 amide bonds. The molecule has 0 aromatic rings. The minimum Gasteiger partial charge on any atom is -0.409 e. The van der Waals surface area contributed by atoms with E-state index in [1.165, 1.54) is 25.8 Å².